The van der Waals surface area contributed by atoms with Gasteiger partial charge in [-0.15, -0.1) is 0 Å². The fourth-order valence-corrected chi connectivity index (χ4v) is 3.32. The zero-order valence-corrected chi connectivity index (χ0v) is 34.4. The number of hydrogen-bond acceptors (Lipinski definition) is 14. The molecular weight excluding hydrogens is 668 g/mol. The summed E-state index contributed by atoms with van der Waals surface area (Å²) in [6.45, 7) is 14.0. The van der Waals surface area contributed by atoms with Crippen LogP contribution in [-0.2, 0) is 37.9 Å². The summed E-state index contributed by atoms with van der Waals surface area (Å²) in [5.74, 6) is 0. The second-order valence-electron chi connectivity index (χ2n) is 12.5. The van der Waals surface area contributed by atoms with Crippen LogP contribution in [0.25, 0.3) is 0 Å². The number of hydrogen-bond donors (Lipinski definition) is 0. The van der Waals surface area contributed by atoms with E-state index in [-0.39, 0.29) is 41.9 Å². The van der Waals surface area contributed by atoms with Crippen molar-refractivity contribution < 1.29 is 37.9 Å². The highest BCUT2D eigenvalue weighted by Crippen LogP contribution is 1.97. The highest BCUT2D eigenvalue weighted by molar-refractivity contribution is 4.58. The van der Waals surface area contributed by atoms with Crippen LogP contribution in [0.2, 0.25) is 0 Å². The van der Waals surface area contributed by atoms with Gasteiger partial charge in [0.25, 0.3) is 0 Å². The van der Waals surface area contributed by atoms with Crippen LogP contribution in [0.5, 0.6) is 0 Å². The minimum atomic E-state index is -0.0324. The van der Waals surface area contributed by atoms with E-state index in [1.165, 1.54) is 0 Å². The molecule has 328 valence electrons. The number of methoxy groups -OCH3 is 7. The SMILES string of the molecule is C.C.C.C.CN(C)CCN(C)C.CN(C)CCN(C)CCN(C)C.COCC(COCC(COC)OC)OC.COCCN(CCOC)CCOC. The van der Waals surface area contributed by atoms with Crippen LogP contribution in [0.4, 0.5) is 0 Å². The lowest BCUT2D eigenvalue weighted by atomic mass is 10.4. The van der Waals surface area contributed by atoms with E-state index < -0.39 is 0 Å². The Morgan fingerprint density at radius 2 is 0.615 bits per heavy atom. The van der Waals surface area contributed by atoms with Crippen molar-refractivity contribution in [2.75, 3.05) is 218 Å². The van der Waals surface area contributed by atoms with E-state index in [2.05, 4.69) is 92.8 Å². The van der Waals surface area contributed by atoms with Crippen molar-refractivity contribution >= 4 is 0 Å². The minimum absolute atomic E-state index is 0. The Kier molecular flexibility index (Phi) is 73.1. The van der Waals surface area contributed by atoms with Crippen molar-refractivity contribution in [3.63, 3.8) is 0 Å². The van der Waals surface area contributed by atoms with Crippen LogP contribution < -0.4 is 0 Å². The van der Waals surface area contributed by atoms with E-state index in [1.54, 1.807) is 49.8 Å². The summed E-state index contributed by atoms with van der Waals surface area (Å²) in [5.41, 5.74) is 0. The van der Waals surface area contributed by atoms with Crippen molar-refractivity contribution in [2.24, 2.45) is 0 Å². The Hall–Kier alpha value is -0.560. The Morgan fingerprint density at radius 3 is 0.827 bits per heavy atom. The quantitative estimate of drug-likeness (QED) is 0.117. The van der Waals surface area contributed by atoms with Gasteiger partial charge in [-0.2, -0.15) is 0 Å². The third-order valence-electron chi connectivity index (χ3n) is 6.67. The molecule has 0 amide bonds. The third-order valence-corrected chi connectivity index (χ3v) is 6.67. The molecule has 0 heterocycles. The van der Waals surface area contributed by atoms with Crippen LogP contribution >= 0.6 is 0 Å². The molecule has 0 N–H and O–H groups in total. The van der Waals surface area contributed by atoms with E-state index >= 15 is 0 Å². The van der Waals surface area contributed by atoms with Gasteiger partial charge in [0.05, 0.1) is 46.2 Å². The van der Waals surface area contributed by atoms with Gasteiger partial charge < -0.3 is 62.4 Å². The number of ether oxygens (including phenoxy) is 8. The van der Waals surface area contributed by atoms with Gasteiger partial charge in [-0.05, 0) is 63.4 Å². The molecule has 0 aliphatic carbocycles. The van der Waals surface area contributed by atoms with E-state index in [1.807, 2.05) is 0 Å². The lowest BCUT2D eigenvalue weighted by molar-refractivity contribution is -0.0690. The monoisotopic (exact) mass is 767 g/mol. The zero-order valence-electron chi connectivity index (χ0n) is 34.4. The molecule has 0 aromatic rings. The predicted octanol–water partition coefficient (Wildman–Crippen LogP) is 3.25. The smallest absolute Gasteiger partial charge is 0.104 e. The van der Waals surface area contributed by atoms with Crippen LogP contribution in [0, 0.1) is 0 Å². The second-order valence-corrected chi connectivity index (χ2v) is 12.5. The first-order valence-corrected chi connectivity index (χ1v) is 16.9. The molecule has 0 rings (SSSR count). The summed E-state index contributed by atoms with van der Waals surface area (Å²) >= 11 is 0. The van der Waals surface area contributed by atoms with Crippen molar-refractivity contribution in [1.29, 1.82) is 0 Å². The van der Waals surface area contributed by atoms with Crippen molar-refractivity contribution in [1.82, 2.24) is 29.4 Å². The van der Waals surface area contributed by atoms with Gasteiger partial charge in [-0.1, -0.05) is 29.7 Å². The second kappa shape index (κ2) is 54.8. The van der Waals surface area contributed by atoms with Crippen LogP contribution in [0.3, 0.4) is 0 Å². The summed E-state index contributed by atoms with van der Waals surface area (Å²) < 4.78 is 40.7. The van der Waals surface area contributed by atoms with Crippen LogP contribution in [-0.4, -0.2) is 260 Å². The first-order chi connectivity index (χ1) is 22.8. The third kappa shape index (κ3) is 64.4. The van der Waals surface area contributed by atoms with Crippen molar-refractivity contribution in [2.45, 2.75) is 41.9 Å². The number of nitrogens with zero attached hydrogens (tertiary/aromatic N) is 6. The average Bonchev–Trinajstić information content (AvgIpc) is 3.05. The Labute approximate surface area is 327 Å². The molecule has 14 heteroatoms. The van der Waals surface area contributed by atoms with Crippen LogP contribution in [0.1, 0.15) is 29.7 Å². The van der Waals surface area contributed by atoms with E-state index in [0.29, 0.717) is 26.4 Å². The molecule has 0 aliphatic heterocycles. The highest BCUT2D eigenvalue weighted by atomic mass is 16.6. The normalized spacial score (nSPS) is 11.7. The Bertz CT molecular complexity index is 533. The number of rotatable bonds is 28. The van der Waals surface area contributed by atoms with Crippen molar-refractivity contribution in [3.05, 3.63) is 0 Å². The Morgan fingerprint density at radius 1 is 0.346 bits per heavy atom. The fourth-order valence-electron chi connectivity index (χ4n) is 3.32. The maximum absolute atomic E-state index is 5.43. The van der Waals surface area contributed by atoms with Gasteiger partial charge in [-0.3, -0.25) is 4.90 Å². The van der Waals surface area contributed by atoms with Gasteiger partial charge in [0.15, 0.2) is 0 Å². The summed E-state index contributed by atoms with van der Waals surface area (Å²) in [4.78, 5) is 13.4. The molecule has 0 aliphatic rings. The molecule has 0 spiro atoms. The van der Waals surface area contributed by atoms with E-state index in [9.17, 15) is 0 Å². The minimum Gasteiger partial charge on any atom is -0.383 e. The van der Waals surface area contributed by atoms with Crippen LogP contribution in [0.15, 0.2) is 0 Å². The first-order valence-electron chi connectivity index (χ1n) is 16.9. The molecule has 0 aromatic carbocycles. The van der Waals surface area contributed by atoms with Crippen molar-refractivity contribution in [3.8, 4) is 0 Å². The molecule has 14 nitrogen and oxygen atoms in total. The average molecular weight is 767 g/mol. The predicted molar refractivity (Wildman–Crippen MR) is 227 cm³/mol. The topological polar surface area (TPSA) is 93.3 Å². The fraction of sp³-hybridized carbons (Fsp3) is 1.00. The van der Waals surface area contributed by atoms with E-state index in [4.69, 9.17) is 37.9 Å². The maximum atomic E-state index is 5.43. The van der Waals surface area contributed by atoms with Gasteiger partial charge in [-0.25, -0.2) is 0 Å². The largest absolute Gasteiger partial charge is 0.383 e. The summed E-state index contributed by atoms with van der Waals surface area (Å²) in [7, 11) is 30.6. The molecule has 0 bridgehead atoms. The zero-order chi connectivity index (χ0) is 37.6. The van der Waals surface area contributed by atoms with Gasteiger partial charge >= 0.3 is 0 Å². The van der Waals surface area contributed by atoms with Gasteiger partial charge in [0, 0.05) is 109 Å². The summed E-state index contributed by atoms with van der Waals surface area (Å²) in [6, 6.07) is 0. The summed E-state index contributed by atoms with van der Waals surface area (Å²) in [5, 5.41) is 0. The molecule has 52 heavy (non-hydrogen) atoms. The van der Waals surface area contributed by atoms with E-state index in [0.717, 1.165) is 78.7 Å². The molecule has 0 aromatic heterocycles. The van der Waals surface area contributed by atoms with Gasteiger partial charge in [0.1, 0.15) is 12.2 Å². The standard InChI is InChI=1S/C10H22O5.C9H23N3.C9H21NO3.C6H16N2.4CH4/c1-11-5-9(13-3)7-15-8-10(14-4)6-12-2;1-10(2)6-8-12(5)9-7-11(3)4;1-11-7-4-10(5-8-12-2)6-9-13-3;1-7(2)5-6-8(3)4;;;;/h9-10H,5-8H2,1-4H3;6-9H2,1-5H3;4-9H2,1-3H3;5-6H2,1-4H3;4*1H4. The molecule has 0 radical (unpaired) electrons. The molecule has 0 fully saturated rings. The maximum Gasteiger partial charge on any atom is 0.104 e. The highest BCUT2D eigenvalue weighted by Gasteiger charge is 2.11. The first kappa shape index (κ1) is 69.4. The summed E-state index contributed by atoms with van der Waals surface area (Å²) in [6.07, 6.45) is -0.0647. The molecule has 2 atom stereocenters. The molecule has 0 saturated carbocycles. The molecular formula is C38H98N6O8. The lowest BCUT2D eigenvalue weighted by Gasteiger charge is -2.20. The number of likely N-dealkylation sites (N-methyl/N-ethyl adjacent to an activating group) is 5. The molecule has 2 unspecified atom stereocenters. The lowest BCUT2D eigenvalue weighted by Crippen LogP contribution is -2.33. The Balaban J connectivity index is -0.0000000821. The van der Waals surface area contributed by atoms with Gasteiger partial charge in [0.2, 0.25) is 0 Å². The molecule has 0 saturated heterocycles.